The number of nitrogens with zero attached hydrogens (tertiary/aromatic N) is 2. The van der Waals surface area contributed by atoms with E-state index in [1.165, 1.54) is 12.1 Å². The minimum atomic E-state index is -0.367. The Bertz CT molecular complexity index is 710. The first kappa shape index (κ1) is 13.5. The lowest BCUT2D eigenvalue weighted by molar-refractivity contribution is 0.354. The van der Waals surface area contributed by atoms with E-state index in [1.807, 2.05) is 30.3 Å². The van der Waals surface area contributed by atoms with Crippen LogP contribution in [0, 0.1) is 5.82 Å². The van der Waals surface area contributed by atoms with Gasteiger partial charge in [0.1, 0.15) is 5.82 Å². The highest BCUT2D eigenvalue weighted by Gasteiger charge is 2.16. The average molecular weight is 283 g/mol. The molecule has 4 nitrogen and oxygen atoms in total. The van der Waals surface area contributed by atoms with Gasteiger partial charge in [0.25, 0.3) is 0 Å². The van der Waals surface area contributed by atoms with Crippen LogP contribution < -0.4 is 5.73 Å². The number of hydrogen-bond donors (Lipinski definition) is 1. The topological polar surface area (TPSA) is 64.9 Å². The molecule has 0 spiro atoms. The normalized spacial score (nSPS) is 12.3. The van der Waals surface area contributed by atoms with E-state index in [0.717, 1.165) is 5.56 Å². The van der Waals surface area contributed by atoms with E-state index in [2.05, 4.69) is 10.1 Å². The van der Waals surface area contributed by atoms with Gasteiger partial charge in [-0.25, -0.2) is 4.39 Å². The van der Waals surface area contributed by atoms with E-state index in [0.29, 0.717) is 23.7 Å². The third-order valence-electron chi connectivity index (χ3n) is 3.16. The van der Waals surface area contributed by atoms with Crippen LogP contribution in [-0.4, -0.2) is 10.1 Å². The molecule has 5 heteroatoms. The van der Waals surface area contributed by atoms with E-state index < -0.39 is 0 Å². The number of nitrogens with two attached hydrogens (primary N) is 1. The van der Waals surface area contributed by atoms with Crippen LogP contribution in [0.1, 0.15) is 17.5 Å². The monoisotopic (exact) mass is 283 g/mol. The second-order valence-electron chi connectivity index (χ2n) is 4.76. The predicted octanol–water partition coefficient (Wildman–Crippen LogP) is 3.12. The first-order valence-corrected chi connectivity index (χ1v) is 6.61. The molecule has 0 saturated carbocycles. The van der Waals surface area contributed by atoms with Gasteiger partial charge in [-0.1, -0.05) is 35.5 Å². The van der Waals surface area contributed by atoms with Crippen molar-refractivity contribution in [2.24, 2.45) is 5.73 Å². The van der Waals surface area contributed by atoms with Crippen LogP contribution in [-0.2, 0) is 6.42 Å². The Balaban J connectivity index is 1.76. The van der Waals surface area contributed by atoms with Crippen molar-refractivity contribution in [1.29, 1.82) is 0 Å². The highest BCUT2D eigenvalue weighted by molar-refractivity contribution is 5.53. The predicted molar refractivity (Wildman–Crippen MR) is 76.8 cm³/mol. The van der Waals surface area contributed by atoms with Crippen molar-refractivity contribution in [3.63, 3.8) is 0 Å². The van der Waals surface area contributed by atoms with Crippen LogP contribution in [0.15, 0.2) is 59.1 Å². The SMILES string of the molecule is NC(Cc1ccccc1)c1nc(-c2ccc(F)cc2)no1. The Morgan fingerprint density at radius 3 is 2.48 bits per heavy atom. The molecule has 1 unspecified atom stereocenters. The van der Waals surface area contributed by atoms with Crippen LogP contribution in [0.2, 0.25) is 0 Å². The van der Waals surface area contributed by atoms with Crippen LogP contribution in [0.4, 0.5) is 4.39 Å². The van der Waals surface area contributed by atoms with Gasteiger partial charge in [-0.15, -0.1) is 0 Å². The molecule has 0 saturated heterocycles. The number of benzene rings is 2. The lowest BCUT2D eigenvalue weighted by atomic mass is 10.1. The highest BCUT2D eigenvalue weighted by Crippen LogP contribution is 2.20. The van der Waals surface area contributed by atoms with Crippen LogP contribution in [0.5, 0.6) is 0 Å². The van der Waals surface area contributed by atoms with Crippen molar-refractivity contribution < 1.29 is 8.91 Å². The third kappa shape index (κ3) is 3.14. The summed E-state index contributed by atoms with van der Waals surface area (Å²) >= 11 is 0. The summed E-state index contributed by atoms with van der Waals surface area (Å²) in [6.45, 7) is 0. The first-order valence-electron chi connectivity index (χ1n) is 6.61. The zero-order valence-electron chi connectivity index (χ0n) is 11.2. The molecule has 2 N–H and O–H groups in total. The fourth-order valence-corrected chi connectivity index (χ4v) is 2.06. The summed E-state index contributed by atoms with van der Waals surface area (Å²) in [5.74, 6) is 0.481. The maximum Gasteiger partial charge on any atom is 0.244 e. The molecule has 1 aromatic heterocycles. The minimum absolute atomic E-state index is 0.303. The van der Waals surface area contributed by atoms with Crippen molar-refractivity contribution in [3.05, 3.63) is 71.9 Å². The molecule has 2 aromatic carbocycles. The largest absolute Gasteiger partial charge is 0.337 e. The summed E-state index contributed by atoms with van der Waals surface area (Å²) in [4.78, 5) is 4.28. The van der Waals surface area contributed by atoms with Gasteiger partial charge in [-0.3, -0.25) is 0 Å². The second kappa shape index (κ2) is 5.85. The molecule has 0 aliphatic rings. The minimum Gasteiger partial charge on any atom is -0.337 e. The molecule has 106 valence electrons. The van der Waals surface area contributed by atoms with E-state index in [1.54, 1.807) is 12.1 Å². The molecule has 21 heavy (non-hydrogen) atoms. The van der Waals surface area contributed by atoms with Crippen molar-refractivity contribution in [3.8, 4) is 11.4 Å². The Kier molecular flexibility index (Phi) is 3.75. The van der Waals surface area contributed by atoms with Gasteiger partial charge in [0.15, 0.2) is 0 Å². The summed E-state index contributed by atoms with van der Waals surface area (Å²) in [5.41, 5.74) is 7.88. The maximum absolute atomic E-state index is 12.9. The fourth-order valence-electron chi connectivity index (χ4n) is 2.06. The Morgan fingerprint density at radius 2 is 1.76 bits per heavy atom. The van der Waals surface area contributed by atoms with Crippen LogP contribution in [0.3, 0.4) is 0 Å². The number of rotatable bonds is 4. The molecular weight excluding hydrogens is 269 g/mol. The van der Waals surface area contributed by atoms with E-state index in [4.69, 9.17) is 10.3 Å². The molecule has 3 rings (SSSR count). The quantitative estimate of drug-likeness (QED) is 0.799. The molecule has 3 aromatic rings. The van der Waals surface area contributed by atoms with Gasteiger partial charge in [0, 0.05) is 5.56 Å². The molecule has 1 heterocycles. The molecule has 0 bridgehead atoms. The van der Waals surface area contributed by atoms with Crippen molar-refractivity contribution in [2.75, 3.05) is 0 Å². The smallest absolute Gasteiger partial charge is 0.244 e. The third-order valence-corrected chi connectivity index (χ3v) is 3.16. The highest BCUT2D eigenvalue weighted by atomic mass is 19.1. The fraction of sp³-hybridized carbons (Fsp3) is 0.125. The zero-order valence-corrected chi connectivity index (χ0v) is 11.2. The zero-order chi connectivity index (χ0) is 14.7. The van der Waals surface area contributed by atoms with E-state index in [-0.39, 0.29) is 11.9 Å². The summed E-state index contributed by atoms with van der Waals surface area (Å²) in [7, 11) is 0. The number of hydrogen-bond acceptors (Lipinski definition) is 4. The molecule has 0 aliphatic heterocycles. The van der Waals surface area contributed by atoms with Gasteiger partial charge in [0.05, 0.1) is 6.04 Å². The summed E-state index contributed by atoms with van der Waals surface area (Å²) < 4.78 is 18.1. The van der Waals surface area contributed by atoms with Gasteiger partial charge in [0.2, 0.25) is 11.7 Å². The van der Waals surface area contributed by atoms with Gasteiger partial charge < -0.3 is 10.3 Å². The van der Waals surface area contributed by atoms with Crippen molar-refractivity contribution >= 4 is 0 Å². The van der Waals surface area contributed by atoms with Crippen molar-refractivity contribution in [1.82, 2.24) is 10.1 Å². The summed E-state index contributed by atoms with van der Waals surface area (Å²) in [5, 5.41) is 3.89. The molecule has 0 amide bonds. The lowest BCUT2D eigenvalue weighted by Crippen LogP contribution is -2.13. The van der Waals surface area contributed by atoms with Crippen LogP contribution in [0.25, 0.3) is 11.4 Å². The number of halogens is 1. The van der Waals surface area contributed by atoms with Crippen molar-refractivity contribution in [2.45, 2.75) is 12.5 Å². The molecule has 0 radical (unpaired) electrons. The molecule has 0 fully saturated rings. The van der Waals surface area contributed by atoms with E-state index >= 15 is 0 Å². The maximum atomic E-state index is 12.9. The van der Waals surface area contributed by atoms with Crippen LogP contribution >= 0.6 is 0 Å². The summed E-state index contributed by atoms with van der Waals surface area (Å²) in [6, 6.07) is 15.4. The molecular formula is C16H14FN3O. The molecule has 0 aliphatic carbocycles. The molecule has 1 atom stereocenters. The Labute approximate surface area is 121 Å². The average Bonchev–Trinajstić information content (AvgIpc) is 2.99. The van der Waals surface area contributed by atoms with Gasteiger partial charge >= 0.3 is 0 Å². The van der Waals surface area contributed by atoms with E-state index in [9.17, 15) is 4.39 Å². The lowest BCUT2D eigenvalue weighted by Gasteiger charge is -2.05. The Morgan fingerprint density at radius 1 is 1.05 bits per heavy atom. The van der Waals surface area contributed by atoms with Gasteiger partial charge in [-0.2, -0.15) is 4.98 Å². The first-order chi connectivity index (χ1) is 10.2. The second-order valence-corrected chi connectivity index (χ2v) is 4.76. The Hall–Kier alpha value is -2.53. The standard InChI is InChI=1S/C16H14FN3O/c17-13-8-6-12(7-9-13)15-19-16(21-20-15)14(18)10-11-4-2-1-3-5-11/h1-9,14H,10,18H2. The summed E-state index contributed by atoms with van der Waals surface area (Å²) in [6.07, 6.45) is 0.617. The van der Waals surface area contributed by atoms with Gasteiger partial charge in [-0.05, 0) is 36.2 Å². The number of aromatic nitrogens is 2.